The molecule has 0 atom stereocenters. The summed E-state index contributed by atoms with van der Waals surface area (Å²) < 4.78 is 10.9. The van der Waals surface area contributed by atoms with Crippen molar-refractivity contribution in [2.45, 2.75) is 53.2 Å². The van der Waals surface area contributed by atoms with Crippen LogP contribution >= 0.6 is 24.0 Å². The minimum absolute atomic E-state index is 0. The van der Waals surface area contributed by atoms with Crippen molar-refractivity contribution in [3.63, 3.8) is 0 Å². The molecule has 0 unspecified atom stereocenters. The van der Waals surface area contributed by atoms with Crippen molar-refractivity contribution in [2.75, 3.05) is 32.8 Å². The Kier molecular flexibility index (Phi) is 11.3. The molecule has 0 aliphatic carbocycles. The number of guanidine groups is 1. The fraction of sp³-hybridized carbons (Fsp3) is 0.565. The zero-order valence-corrected chi connectivity index (χ0v) is 21.3. The predicted molar refractivity (Wildman–Crippen MR) is 135 cm³/mol. The van der Waals surface area contributed by atoms with Gasteiger partial charge in [0.25, 0.3) is 0 Å². The second-order valence-electron chi connectivity index (χ2n) is 7.49. The molecule has 172 valence electrons. The van der Waals surface area contributed by atoms with Gasteiger partial charge >= 0.3 is 0 Å². The number of benzene rings is 1. The summed E-state index contributed by atoms with van der Waals surface area (Å²) in [7, 11) is 0. The van der Waals surface area contributed by atoms with Crippen LogP contribution in [0.1, 0.15) is 48.9 Å². The maximum atomic E-state index is 5.46. The normalized spacial score (nSPS) is 14.9. The van der Waals surface area contributed by atoms with E-state index in [-0.39, 0.29) is 24.0 Å². The lowest BCUT2D eigenvalue weighted by atomic mass is 10.1. The van der Waals surface area contributed by atoms with Crippen LogP contribution in [0.5, 0.6) is 0 Å². The van der Waals surface area contributed by atoms with Gasteiger partial charge in [-0.25, -0.2) is 4.99 Å². The van der Waals surface area contributed by atoms with Crippen LogP contribution in [0.15, 0.2) is 33.8 Å². The van der Waals surface area contributed by atoms with Crippen LogP contribution in [0, 0.1) is 0 Å². The maximum Gasteiger partial charge on any atom is 0.191 e. The molecule has 0 saturated carbocycles. The number of aliphatic imine (C=N–C) groups is 1. The molecule has 1 aromatic carbocycles. The SMILES string of the molecule is CCNC(=NCc1ccc(CN2CCOCC2)cc1)NCc1c(CC)noc1CC.I. The molecule has 8 heteroatoms. The quantitative estimate of drug-likeness (QED) is 0.288. The number of hydrogen-bond acceptors (Lipinski definition) is 5. The molecule has 3 rings (SSSR count). The number of aryl methyl sites for hydroxylation is 2. The van der Waals surface area contributed by atoms with Crippen molar-refractivity contribution in [2.24, 2.45) is 4.99 Å². The van der Waals surface area contributed by atoms with Gasteiger partial charge in [0.05, 0.1) is 25.5 Å². The van der Waals surface area contributed by atoms with Crippen molar-refractivity contribution >= 4 is 29.9 Å². The van der Waals surface area contributed by atoms with E-state index in [0.29, 0.717) is 13.1 Å². The van der Waals surface area contributed by atoms with Gasteiger partial charge in [-0.15, -0.1) is 24.0 Å². The first-order chi connectivity index (χ1) is 14.7. The van der Waals surface area contributed by atoms with Gasteiger partial charge < -0.3 is 19.9 Å². The minimum Gasteiger partial charge on any atom is -0.379 e. The average Bonchev–Trinajstić information content (AvgIpc) is 3.19. The summed E-state index contributed by atoms with van der Waals surface area (Å²) in [5, 5.41) is 10.9. The summed E-state index contributed by atoms with van der Waals surface area (Å²) in [6, 6.07) is 8.76. The Morgan fingerprint density at radius 1 is 1.03 bits per heavy atom. The lowest BCUT2D eigenvalue weighted by molar-refractivity contribution is 0.0342. The molecule has 31 heavy (non-hydrogen) atoms. The van der Waals surface area contributed by atoms with Gasteiger partial charge in [0.2, 0.25) is 0 Å². The molecular formula is C23H36IN5O2. The molecule has 1 fully saturated rings. The van der Waals surface area contributed by atoms with Crippen LogP contribution in [0.2, 0.25) is 0 Å². The Balaban J connectivity index is 0.00000341. The first kappa shape index (κ1) is 25.6. The summed E-state index contributed by atoms with van der Waals surface area (Å²) in [5.74, 6) is 1.76. The summed E-state index contributed by atoms with van der Waals surface area (Å²) in [5.41, 5.74) is 4.71. The van der Waals surface area contributed by atoms with E-state index in [2.05, 4.69) is 65.7 Å². The summed E-state index contributed by atoms with van der Waals surface area (Å²) in [6.07, 6.45) is 1.71. The zero-order chi connectivity index (χ0) is 21.2. The van der Waals surface area contributed by atoms with Gasteiger partial charge in [0.1, 0.15) is 5.76 Å². The summed E-state index contributed by atoms with van der Waals surface area (Å²) >= 11 is 0. The molecule has 0 radical (unpaired) electrons. The number of rotatable bonds is 9. The van der Waals surface area contributed by atoms with Gasteiger partial charge in [-0.05, 0) is 24.5 Å². The number of nitrogens with one attached hydrogen (secondary N) is 2. The van der Waals surface area contributed by atoms with E-state index in [0.717, 1.165) is 75.2 Å². The number of nitrogens with zero attached hydrogens (tertiary/aromatic N) is 3. The lowest BCUT2D eigenvalue weighted by Crippen LogP contribution is -2.37. The van der Waals surface area contributed by atoms with Crippen LogP contribution in [0.3, 0.4) is 0 Å². The van der Waals surface area contributed by atoms with Crippen molar-refractivity contribution in [3.05, 3.63) is 52.4 Å². The molecule has 1 saturated heterocycles. The fourth-order valence-corrected chi connectivity index (χ4v) is 3.59. The first-order valence-corrected chi connectivity index (χ1v) is 11.1. The molecule has 0 spiro atoms. The molecule has 7 nitrogen and oxygen atoms in total. The van der Waals surface area contributed by atoms with Gasteiger partial charge in [-0.1, -0.05) is 43.3 Å². The van der Waals surface area contributed by atoms with Crippen LogP contribution in [0.25, 0.3) is 0 Å². The van der Waals surface area contributed by atoms with Crippen LogP contribution in [0.4, 0.5) is 0 Å². The third-order valence-electron chi connectivity index (χ3n) is 5.34. The van der Waals surface area contributed by atoms with E-state index < -0.39 is 0 Å². The Morgan fingerprint density at radius 3 is 2.39 bits per heavy atom. The largest absolute Gasteiger partial charge is 0.379 e. The highest BCUT2D eigenvalue weighted by atomic mass is 127. The molecule has 1 aliphatic rings. The maximum absolute atomic E-state index is 5.46. The summed E-state index contributed by atoms with van der Waals surface area (Å²) in [6.45, 7) is 13.1. The van der Waals surface area contributed by atoms with E-state index in [1.807, 2.05) is 0 Å². The highest BCUT2D eigenvalue weighted by Crippen LogP contribution is 2.15. The highest BCUT2D eigenvalue weighted by molar-refractivity contribution is 14.0. The molecule has 0 bridgehead atoms. The summed E-state index contributed by atoms with van der Waals surface area (Å²) in [4.78, 5) is 7.19. The van der Waals surface area contributed by atoms with Gasteiger partial charge in [0, 0.05) is 44.7 Å². The van der Waals surface area contributed by atoms with E-state index in [1.165, 1.54) is 11.1 Å². The van der Waals surface area contributed by atoms with Gasteiger partial charge in [-0.2, -0.15) is 0 Å². The van der Waals surface area contributed by atoms with E-state index in [9.17, 15) is 0 Å². The van der Waals surface area contributed by atoms with Gasteiger partial charge in [0.15, 0.2) is 5.96 Å². The second kappa shape index (κ2) is 13.7. The fourth-order valence-electron chi connectivity index (χ4n) is 3.59. The Labute approximate surface area is 203 Å². The number of ether oxygens (including phenoxy) is 1. The number of hydrogen-bond donors (Lipinski definition) is 2. The van der Waals surface area contributed by atoms with Crippen LogP contribution in [-0.4, -0.2) is 48.9 Å². The van der Waals surface area contributed by atoms with Crippen molar-refractivity contribution in [1.82, 2.24) is 20.7 Å². The molecule has 2 N–H and O–H groups in total. The van der Waals surface area contributed by atoms with Crippen LogP contribution < -0.4 is 10.6 Å². The molecule has 2 aromatic rings. The number of halogens is 1. The van der Waals surface area contributed by atoms with E-state index in [4.69, 9.17) is 14.3 Å². The monoisotopic (exact) mass is 541 g/mol. The number of aromatic nitrogens is 1. The highest BCUT2D eigenvalue weighted by Gasteiger charge is 2.14. The molecule has 2 heterocycles. The van der Waals surface area contributed by atoms with Crippen molar-refractivity contribution in [3.8, 4) is 0 Å². The second-order valence-corrected chi connectivity index (χ2v) is 7.49. The van der Waals surface area contributed by atoms with E-state index in [1.54, 1.807) is 0 Å². The lowest BCUT2D eigenvalue weighted by Gasteiger charge is -2.26. The third kappa shape index (κ3) is 7.76. The van der Waals surface area contributed by atoms with E-state index >= 15 is 0 Å². The smallest absolute Gasteiger partial charge is 0.191 e. The molecule has 0 amide bonds. The van der Waals surface area contributed by atoms with Crippen molar-refractivity contribution in [1.29, 1.82) is 0 Å². The van der Waals surface area contributed by atoms with Gasteiger partial charge in [-0.3, -0.25) is 4.90 Å². The van der Waals surface area contributed by atoms with Crippen molar-refractivity contribution < 1.29 is 9.26 Å². The molecule has 1 aromatic heterocycles. The molecule has 1 aliphatic heterocycles. The minimum atomic E-state index is 0. The average molecular weight is 541 g/mol. The number of morpholine rings is 1. The Morgan fingerprint density at radius 2 is 1.74 bits per heavy atom. The molecular weight excluding hydrogens is 505 g/mol. The zero-order valence-electron chi connectivity index (χ0n) is 18.9. The predicted octanol–water partition coefficient (Wildman–Crippen LogP) is 3.50. The standard InChI is InChI=1S/C23H35N5O2.HI/c1-4-21-20(22(5-2)30-27-21)16-26-23(24-6-3)25-15-18-7-9-19(10-8-18)17-28-11-13-29-14-12-28;/h7-10H,4-6,11-17H2,1-3H3,(H2,24,25,26);1H. The first-order valence-electron chi connectivity index (χ1n) is 11.1. The Hall–Kier alpha value is -1.65. The topological polar surface area (TPSA) is 74.9 Å². The third-order valence-corrected chi connectivity index (χ3v) is 5.34. The Bertz CT molecular complexity index is 779. The van der Waals surface area contributed by atoms with Crippen LogP contribution in [-0.2, 0) is 37.2 Å².